The number of carbonyl (C=O) groups is 1. The van der Waals surface area contributed by atoms with E-state index in [1.165, 1.54) is 10.6 Å². The zero-order valence-corrected chi connectivity index (χ0v) is 13.9. The molecule has 0 atom stereocenters. The van der Waals surface area contributed by atoms with E-state index in [2.05, 4.69) is 5.32 Å². The van der Waals surface area contributed by atoms with Gasteiger partial charge in [0.1, 0.15) is 5.75 Å². The molecule has 0 heterocycles. The summed E-state index contributed by atoms with van der Waals surface area (Å²) in [5, 5.41) is 3.25. The van der Waals surface area contributed by atoms with Gasteiger partial charge in [-0.25, -0.2) is 8.42 Å². The molecule has 0 bridgehead atoms. The number of benzene rings is 1. The Balaban J connectivity index is 1.70. The highest BCUT2D eigenvalue weighted by Gasteiger charge is 2.34. The molecule has 1 aliphatic rings. The average Bonchev–Trinajstić information content (AvgIpc) is 3.26. The molecule has 2 rings (SSSR count). The van der Waals surface area contributed by atoms with Gasteiger partial charge in [-0.2, -0.15) is 4.31 Å². The van der Waals surface area contributed by atoms with Gasteiger partial charge in [-0.3, -0.25) is 4.79 Å². The molecule has 1 saturated carbocycles. The van der Waals surface area contributed by atoms with E-state index in [-0.39, 0.29) is 31.6 Å². The van der Waals surface area contributed by atoms with Gasteiger partial charge >= 0.3 is 0 Å². The van der Waals surface area contributed by atoms with Crippen molar-refractivity contribution < 1.29 is 17.9 Å². The molecule has 8 heteroatoms. The molecule has 0 aromatic heterocycles. The maximum absolute atomic E-state index is 11.7. The Morgan fingerprint density at radius 3 is 2.55 bits per heavy atom. The van der Waals surface area contributed by atoms with Crippen molar-refractivity contribution in [3.8, 4) is 5.75 Å². The lowest BCUT2D eigenvalue weighted by Crippen LogP contribution is -2.40. The van der Waals surface area contributed by atoms with Crippen molar-refractivity contribution in [1.82, 2.24) is 9.62 Å². The fourth-order valence-electron chi connectivity index (χ4n) is 2.02. The van der Waals surface area contributed by atoms with Gasteiger partial charge in [0.15, 0.2) is 6.61 Å². The second-order valence-corrected chi connectivity index (χ2v) is 7.57. The summed E-state index contributed by atoms with van der Waals surface area (Å²) >= 11 is 5.75. The zero-order valence-electron chi connectivity index (χ0n) is 12.3. The number of hydrogen-bond donors (Lipinski definition) is 1. The molecule has 0 saturated heterocycles. The molecular formula is C14H19ClN2O4S. The van der Waals surface area contributed by atoms with Crippen LogP contribution in [0.3, 0.4) is 0 Å². The highest BCUT2D eigenvalue weighted by atomic mass is 35.5. The summed E-state index contributed by atoms with van der Waals surface area (Å²) < 4.78 is 30.0. The summed E-state index contributed by atoms with van der Waals surface area (Å²) in [6.45, 7) is 0.437. The lowest BCUT2D eigenvalue weighted by atomic mass is 10.3. The van der Waals surface area contributed by atoms with Gasteiger partial charge in [-0.05, 0) is 37.1 Å². The second-order valence-electron chi connectivity index (χ2n) is 5.20. The monoisotopic (exact) mass is 346 g/mol. The molecule has 0 aliphatic heterocycles. The van der Waals surface area contributed by atoms with Crippen LogP contribution >= 0.6 is 11.6 Å². The van der Waals surface area contributed by atoms with Gasteiger partial charge in [-0.15, -0.1) is 0 Å². The first-order chi connectivity index (χ1) is 10.4. The van der Waals surface area contributed by atoms with Gasteiger partial charge in [0.25, 0.3) is 5.91 Å². The van der Waals surface area contributed by atoms with Crippen molar-refractivity contribution in [3.63, 3.8) is 0 Å². The molecule has 0 unspecified atom stereocenters. The Hall–Kier alpha value is -1.31. The molecule has 6 nitrogen and oxygen atoms in total. The lowest BCUT2D eigenvalue weighted by Gasteiger charge is -2.19. The molecule has 1 aromatic rings. The summed E-state index contributed by atoms with van der Waals surface area (Å²) in [7, 11) is -3.22. The molecule has 1 amide bonds. The van der Waals surface area contributed by atoms with Crippen LogP contribution in [0.25, 0.3) is 0 Å². The van der Waals surface area contributed by atoms with Crippen molar-refractivity contribution in [2.24, 2.45) is 0 Å². The maximum atomic E-state index is 11.7. The number of rotatable bonds is 8. The predicted molar refractivity (Wildman–Crippen MR) is 84.5 cm³/mol. The summed E-state index contributed by atoms with van der Waals surface area (Å²) in [4.78, 5) is 11.7. The quantitative estimate of drug-likeness (QED) is 0.769. The van der Waals surface area contributed by atoms with Crippen LogP contribution in [-0.4, -0.2) is 50.6 Å². The van der Waals surface area contributed by atoms with Crippen LogP contribution in [0.2, 0.25) is 5.02 Å². The van der Waals surface area contributed by atoms with Gasteiger partial charge < -0.3 is 10.1 Å². The number of nitrogens with zero attached hydrogens (tertiary/aromatic N) is 1. The molecule has 1 aliphatic carbocycles. The minimum atomic E-state index is -3.22. The molecule has 1 aromatic carbocycles. The van der Waals surface area contributed by atoms with Crippen LogP contribution < -0.4 is 10.1 Å². The number of amides is 1. The molecule has 0 radical (unpaired) electrons. The van der Waals surface area contributed by atoms with Crippen LogP contribution in [0.1, 0.15) is 12.8 Å². The zero-order chi connectivity index (χ0) is 16.2. The molecule has 22 heavy (non-hydrogen) atoms. The van der Waals surface area contributed by atoms with E-state index >= 15 is 0 Å². The Labute approximate surface area is 135 Å². The first-order valence-electron chi connectivity index (χ1n) is 6.98. The number of sulfonamides is 1. The minimum absolute atomic E-state index is 0.0946. The third kappa shape index (κ3) is 5.47. The Kier molecular flexibility index (Phi) is 5.66. The average molecular weight is 347 g/mol. The van der Waals surface area contributed by atoms with Crippen LogP contribution in [0.15, 0.2) is 24.3 Å². The number of carbonyl (C=O) groups excluding carboxylic acids is 1. The van der Waals surface area contributed by atoms with Gasteiger partial charge in [0, 0.05) is 24.2 Å². The number of hydrogen-bond acceptors (Lipinski definition) is 4. The third-order valence-corrected chi connectivity index (χ3v) is 4.80. The third-order valence-electron chi connectivity index (χ3n) is 3.22. The van der Waals surface area contributed by atoms with E-state index < -0.39 is 10.0 Å². The molecule has 1 N–H and O–H groups in total. The highest BCUT2D eigenvalue weighted by Crippen LogP contribution is 2.28. The van der Waals surface area contributed by atoms with Crippen molar-refractivity contribution in [2.45, 2.75) is 18.9 Å². The second kappa shape index (κ2) is 7.30. The summed E-state index contributed by atoms with van der Waals surface area (Å²) in [5.41, 5.74) is 0. The topological polar surface area (TPSA) is 75.7 Å². The fraction of sp³-hybridized carbons (Fsp3) is 0.500. The van der Waals surface area contributed by atoms with Crippen LogP contribution in [0.5, 0.6) is 5.75 Å². The maximum Gasteiger partial charge on any atom is 0.257 e. The van der Waals surface area contributed by atoms with E-state index in [1.54, 1.807) is 24.3 Å². The van der Waals surface area contributed by atoms with Crippen LogP contribution in [-0.2, 0) is 14.8 Å². The van der Waals surface area contributed by atoms with E-state index in [4.69, 9.17) is 16.3 Å². The van der Waals surface area contributed by atoms with E-state index in [0.29, 0.717) is 10.8 Å². The molecule has 1 fully saturated rings. The van der Waals surface area contributed by atoms with Gasteiger partial charge in [-0.1, -0.05) is 11.6 Å². The lowest BCUT2D eigenvalue weighted by molar-refractivity contribution is -0.123. The van der Waals surface area contributed by atoms with Crippen LogP contribution in [0.4, 0.5) is 0 Å². The Morgan fingerprint density at radius 2 is 2.00 bits per heavy atom. The number of halogens is 1. The Bertz CT molecular complexity index is 614. The van der Waals surface area contributed by atoms with Crippen molar-refractivity contribution in [2.75, 3.05) is 26.0 Å². The van der Waals surface area contributed by atoms with Crippen molar-refractivity contribution >= 4 is 27.5 Å². The van der Waals surface area contributed by atoms with E-state index in [9.17, 15) is 13.2 Å². The smallest absolute Gasteiger partial charge is 0.257 e. The van der Waals surface area contributed by atoms with Crippen molar-refractivity contribution in [1.29, 1.82) is 0 Å². The van der Waals surface area contributed by atoms with E-state index in [1.807, 2.05) is 0 Å². The SMILES string of the molecule is CS(=O)(=O)N(CCNC(=O)COc1ccc(Cl)cc1)C1CC1. The number of nitrogens with one attached hydrogen (secondary N) is 1. The summed E-state index contributed by atoms with van der Waals surface area (Å²) in [6.07, 6.45) is 2.97. The first-order valence-corrected chi connectivity index (χ1v) is 9.21. The largest absolute Gasteiger partial charge is 0.484 e. The predicted octanol–water partition coefficient (Wildman–Crippen LogP) is 1.26. The normalized spacial score (nSPS) is 14.9. The minimum Gasteiger partial charge on any atom is -0.484 e. The Morgan fingerprint density at radius 1 is 1.36 bits per heavy atom. The standard InChI is InChI=1S/C14H19ClN2O4S/c1-22(19,20)17(12-4-5-12)9-8-16-14(18)10-21-13-6-2-11(15)3-7-13/h2-3,6-7,12H,4-5,8-10H2,1H3,(H,16,18). The summed E-state index contributed by atoms with van der Waals surface area (Å²) in [6, 6.07) is 6.79. The van der Waals surface area contributed by atoms with E-state index in [0.717, 1.165) is 12.8 Å². The highest BCUT2D eigenvalue weighted by molar-refractivity contribution is 7.88. The van der Waals surface area contributed by atoms with Crippen LogP contribution in [0, 0.1) is 0 Å². The van der Waals surface area contributed by atoms with Crippen molar-refractivity contribution in [3.05, 3.63) is 29.3 Å². The fourth-order valence-corrected chi connectivity index (χ4v) is 3.32. The number of ether oxygens (including phenoxy) is 1. The summed E-state index contributed by atoms with van der Waals surface area (Å²) in [5.74, 6) is 0.259. The van der Waals surface area contributed by atoms with Gasteiger partial charge in [0.05, 0.1) is 6.26 Å². The first kappa shape index (κ1) is 17.1. The molecular weight excluding hydrogens is 328 g/mol. The molecule has 0 spiro atoms. The van der Waals surface area contributed by atoms with Gasteiger partial charge in [0.2, 0.25) is 10.0 Å². The molecule has 122 valence electrons.